The van der Waals surface area contributed by atoms with Crippen LogP contribution in [0.2, 0.25) is 10.0 Å². The third kappa shape index (κ3) is 2.98. The summed E-state index contributed by atoms with van der Waals surface area (Å²) in [5, 5.41) is 13.9. The lowest BCUT2D eigenvalue weighted by molar-refractivity contribution is 0.103. The van der Waals surface area contributed by atoms with Gasteiger partial charge in [0.1, 0.15) is 23.1 Å². The molecule has 0 saturated heterocycles. The van der Waals surface area contributed by atoms with Crippen LogP contribution >= 0.6 is 23.2 Å². The number of hydrogen-bond acceptors (Lipinski definition) is 3. The van der Waals surface area contributed by atoms with Crippen LogP contribution in [-0.4, -0.2) is 20.7 Å². The van der Waals surface area contributed by atoms with Crippen LogP contribution in [0.25, 0.3) is 5.69 Å². The molecule has 0 aliphatic heterocycles. The second-order valence-electron chi connectivity index (χ2n) is 4.88. The zero-order valence-electron chi connectivity index (χ0n) is 11.8. The second kappa shape index (κ2) is 6.22. The topological polar surface area (TPSA) is 55.1 Å². The smallest absolute Gasteiger partial charge is 0.200 e. The molecule has 0 amide bonds. The molecule has 0 spiro atoms. The molecule has 3 rings (SSSR count). The summed E-state index contributed by atoms with van der Waals surface area (Å²) in [6, 6.07) is 5.42. The number of carbonyl (C=O) groups excluding carboxylic acids is 1. The molecule has 0 bridgehead atoms. The van der Waals surface area contributed by atoms with Crippen LogP contribution in [0.5, 0.6) is 5.75 Å². The van der Waals surface area contributed by atoms with Crippen molar-refractivity contribution in [3.8, 4) is 11.4 Å². The lowest BCUT2D eigenvalue weighted by Gasteiger charge is -2.05. The van der Waals surface area contributed by atoms with Crippen molar-refractivity contribution < 1.29 is 18.7 Å². The average molecular weight is 369 g/mol. The van der Waals surface area contributed by atoms with E-state index in [1.165, 1.54) is 24.5 Å². The van der Waals surface area contributed by atoms with E-state index in [-0.39, 0.29) is 26.9 Å². The van der Waals surface area contributed by atoms with Crippen molar-refractivity contribution in [3.63, 3.8) is 0 Å². The minimum Gasteiger partial charge on any atom is -0.506 e. The first-order valence-corrected chi connectivity index (χ1v) is 7.35. The van der Waals surface area contributed by atoms with Gasteiger partial charge >= 0.3 is 0 Å². The van der Waals surface area contributed by atoms with Crippen LogP contribution in [0.3, 0.4) is 0 Å². The third-order valence-electron chi connectivity index (χ3n) is 3.27. The highest BCUT2D eigenvalue weighted by atomic mass is 35.5. The quantitative estimate of drug-likeness (QED) is 0.697. The summed E-state index contributed by atoms with van der Waals surface area (Å²) >= 11 is 11.6. The monoisotopic (exact) mass is 368 g/mol. The van der Waals surface area contributed by atoms with Gasteiger partial charge in [0.15, 0.2) is 5.78 Å². The fourth-order valence-electron chi connectivity index (χ4n) is 2.13. The van der Waals surface area contributed by atoms with E-state index >= 15 is 0 Å². The van der Waals surface area contributed by atoms with Crippen LogP contribution in [0.15, 0.2) is 42.7 Å². The summed E-state index contributed by atoms with van der Waals surface area (Å²) in [6.07, 6.45) is 2.38. The van der Waals surface area contributed by atoms with Crippen LogP contribution in [0.4, 0.5) is 8.78 Å². The fraction of sp³-hybridized carbons (Fsp3) is 0. The summed E-state index contributed by atoms with van der Waals surface area (Å²) in [5.41, 5.74) is -0.221. The predicted octanol–water partition coefficient (Wildman–Crippen LogP) is 4.39. The Bertz CT molecular complexity index is 957. The minimum atomic E-state index is -0.702. The number of ketones is 1. The maximum atomic E-state index is 13.8. The lowest BCUT2D eigenvalue weighted by Crippen LogP contribution is -2.02. The van der Waals surface area contributed by atoms with E-state index in [9.17, 15) is 18.7 Å². The SMILES string of the molecule is O=C(c1cnn(-c2cc(F)ccc2F)c1)c1cc(Cl)cc(Cl)c1O. The molecule has 0 aliphatic rings. The first-order chi connectivity index (χ1) is 11.4. The molecule has 0 radical (unpaired) electrons. The zero-order valence-corrected chi connectivity index (χ0v) is 13.3. The number of phenolic OH excluding ortho intramolecular Hbond substituents is 1. The number of benzene rings is 2. The number of phenols is 1. The Hall–Kier alpha value is -2.44. The molecule has 0 unspecified atom stereocenters. The largest absolute Gasteiger partial charge is 0.506 e. The summed E-state index contributed by atoms with van der Waals surface area (Å²) in [7, 11) is 0. The molecule has 4 nitrogen and oxygen atoms in total. The van der Waals surface area contributed by atoms with Gasteiger partial charge in [-0.1, -0.05) is 23.2 Å². The summed E-state index contributed by atoms with van der Waals surface area (Å²) in [6.45, 7) is 0. The highest BCUT2D eigenvalue weighted by Crippen LogP contribution is 2.32. The van der Waals surface area contributed by atoms with E-state index in [2.05, 4.69) is 5.10 Å². The standard InChI is InChI=1S/C16H8Cl2F2N2O2/c17-9-3-11(16(24)12(18)4-9)15(23)8-6-21-22(7-8)14-5-10(19)1-2-13(14)20/h1-7,24H. The molecule has 3 aromatic rings. The van der Waals surface area contributed by atoms with E-state index in [0.29, 0.717) is 0 Å². The fourth-order valence-corrected chi connectivity index (χ4v) is 2.62. The Balaban J connectivity index is 2.02. The number of aromatic nitrogens is 2. The molecule has 1 N–H and O–H groups in total. The molecule has 0 atom stereocenters. The molecule has 0 fully saturated rings. The number of rotatable bonds is 3. The van der Waals surface area contributed by atoms with Crippen LogP contribution in [0.1, 0.15) is 15.9 Å². The van der Waals surface area contributed by atoms with Crippen molar-refractivity contribution in [1.29, 1.82) is 0 Å². The minimum absolute atomic E-state index is 0.0484. The Morgan fingerprint density at radius 1 is 1.17 bits per heavy atom. The van der Waals surface area contributed by atoms with Gasteiger partial charge < -0.3 is 5.11 Å². The van der Waals surface area contributed by atoms with Crippen LogP contribution in [0, 0.1) is 11.6 Å². The molecule has 1 heterocycles. The number of hydrogen-bond donors (Lipinski definition) is 1. The van der Waals surface area contributed by atoms with Crippen LogP contribution < -0.4 is 0 Å². The number of aromatic hydroxyl groups is 1. The maximum Gasteiger partial charge on any atom is 0.200 e. The van der Waals surface area contributed by atoms with E-state index in [4.69, 9.17) is 23.2 Å². The van der Waals surface area contributed by atoms with Crippen molar-refractivity contribution >= 4 is 29.0 Å². The van der Waals surface area contributed by atoms with Gasteiger partial charge in [0.25, 0.3) is 0 Å². The molecule has 1 aromatic heterocycles. The van der Waals surface area contributed by atoms with Gasteiger partial charge in [-0.2, -0.15) is 5.10 Å². The normalized spacial score (nSPS) is 10.8. The highest BCUT2D eigenvalue weighted by Gasteiger charge is 2.19. The number of carbonyl (C=O) groups is 1. The Morgan fingerprint density at radius 2 is 1.92 bits per heavy atom. The van der Waals surface area contributed by atoms with Gasteiger partial charge in [-0.3, -0.25) is 4.79 Å². The van der Waals surface area contributed by atoms with Gasteiger partial charge in [0, 0.05) is 17.3 Å². The number of halogens is 4. The Morgan fingerprint density at radius 3 is 2.67 bits per heavy atom. The lowest BCUT2D eigenvalue weighted by atomic mass is 10.1. The van der Waals surface area contributed by atoms with Crippen molar-refractivity contribution in [2.45, 2.75) is 0 Å². The molecular weight excluding hydrogens is 361 g/mol. The van der Waals surface area contributed by atoms with Gasteiger partial charge in [0.2, 0.25) is 0 Å². The summed E-state index contributed by atoms with van der Waals surface area (Å²) in [4.78, 5) is 12.5. The highest BCUT2D eigenvalue weighted by molar-refractivity contribution is 6.36. The van der Waals surface area contributed by atoms with E-state index in [0.717, 1.165) is 22.9 Å². The first-order valence-electron chi connectivity index (χ1n) is 6.59. The predicted molar refractivity (Wildman–Crippen MR) is 85.0 cm³/mol. The van der Waals surface area contributed by atoms with E-state index in [1.54, 1.807) is 0 Å². The van der Waals surface area contributed by atoms with Crippen molar-refractivity contribution in [2.24, 2.45) is 0 Å². The van der Waals surface area contributed by atoms with Crippen molar-refractivity contribution in [1.82, 2.24) is 9.78 Å². The van der Waals surface area contributed by atoms with Crippen molar-refractivity contribution in [2.75, 3.05) is 0 Å². The molecular formula is C16H8Cl2F2N2O2. The van der Waals surface area contributed by atoms with Gasteiger partial charge in [-0.05, 0) is 24.3 Å². The molecule has 8 heteroatoms. The van der Waals surface area contributed by atoms with E-state index in [1.807, 2.05) is 0 Å². The number of nitrogens with zero attached hydrogens (tertiary/aromatic N) is 2. The molecule has 0 saturated carbocycles. The van der Waals surface area contributed by atoms with E-state index < -0.39 is 23.2 Å². The van der Waals surface area contributed by atoms with Crippen molar-refractivity contribution in [3.05, 3.63) is 75.5 Å². The molecule has 122 valence electrons. The Labute approximate surface area is 144 Å². The second-order valence-corrected chi connectivity index (χ2v) is 5.73. The van der Waals surface area contributed by atoms with Crippen LogP contribution in [-0.2, 0) is 0 Å². The zero-order chi connectivity index (χ0) is 17.4. The molecule has 24 heavy (non-hydrogen) atoms. The maximum absolute atomic E-state index is 13.8. The third-order valence-corrected chi connectivity index (χ3v) is 3.78. The first kappa shape index (κ1) is 16.4. The van der Waals surface area contributed by atoms with Gasteiger partial charge in [-0.25, -0.2) is 13.5 Å². The molecule has 2 aromatic carbocycles. The summed E-state index contributed by atoms with van der Waals surface area (Å²) < 4.78 is 28.1. The van der Waals surface area contributed by atoms with Gasteiger partial charge in [-0.15, -0.1) is 0 Å². The van der Waals surface area contributed by atoms with Gasteiger partial charge in [0.05, 0.1) is 22.3 Å². The summed E-state index contributed by atoms with van der Waals surface area (Å²) in [5.74, 6) is -2.38. The molecule has 0 aliphatic carbocycles. The Kier molecular flexibility index (Phi) is 4.26. The average Bonchev–Trinajstić information content (AvgIpc) is 3.02.